The second kappa shape index (κ2) is 4.56. The predicted molar refractivity (Wildman–Crippen MR) is 64.4 cm³/mol. The van der Waals surface area contributed by atoms with Crippen LogP contribution in [0.2, 0.25) is 0 Å². The number of aryl methyl sites for hydroxylation is 1. The Morgan fingerprint density at radius 2 is 1.75 bits per heavy atom. The fourth-order valence-corrected chi connectivity index (χ4v) is 1.70. The van der Waals surface area contributed by atoms with Crippen LogP contribution in [0.15, 0.2) is 53.5 Å². The zero-order valence-corrected chi connectivity index (χ0v) is 8.97. The van der Waals surface area contributed by atoms with Crippen molar-refractivity contribution in [2.75, 3.05) is 0 Å². The summed E-state index contributed by atoms with van der Waals surface area (Å²) in [4.78, 5) is 14.2. The Morgan fingerprint density at radius 1 is 1.00 bits per heavy atom. The molecule has 0 heterocycles. The van der Waals surface area contributed by atoms with Crippen LogP contribution in [0.5, 0.6) is 0 Å². The average molecular weight is 209 g/mol. The van der Waals surface area contributed by atoms with Gasteiger partial charge in [0.15, 0.2) is 0 Å². The van der Waals surface area contributed by atoms with Gasteiger partial charge in [-0.15, -0.1) is 0 Å². The summed E-state index contributed by atoms with van der Waals surface area (Å²) < 4.78 is 0. The maximum atomic E-state index is 10.4. The largest absolute Gasteiger partial charge is 0.240 e. The summed E-state index contributed by atoms with van der Waals surface area (Å²) in [6, 6.07) is 15.7. The molecule has 0 aliphatic carbocycles. The second-order valence-corrected chi connectivity index (χ2v) is 3.54. The van der Waals surface area contributed by atoms with Crippen molar-refractivity contribution in [2.45, 2.75) is 6.92 Å². The molecule has 0 aliphatic rings. The van der Waals surface area contributed by atoms with Crippen LogP contribution in [0, 0.1) is 6.92 Å². The van der Waals surface area contributed by atoms with Crippen molar-refractivity contribution in [2.24, 2.45) is 4.99 Å². The van der Waals surface area contributed by atoms with Gasteiger partial charge in [0, 0.05) is 5.56 Å². The van der Waals surface area contributed by atoms with Crippen LogP contribution in [-0.2, 0) is 4.79 Å². The fraction of sp³-hybridized carbons (Fsp3) is 0.0714. The lowest BCUT2D eigenvalue weighted by atomic mass is 10.0. The standard InChI is InChI=1S/C14H11NO/c1-11-6-5-9-13(14(11)15-10-16)12-7-3-2-4-8-12/h2-9H,1H3. The lowest BCUT2D eigenvalue weighted by molar-refractivity contribution is 0.565. The normalized spacial score (nSPS) is 9.56. The van der Waals surface area contributed by atoms with Crippen molar-refractivity contribution in [3.63, 3.8) is 0 Å². The van der Waals surface area contributed by atoms with E-state index in [0.717, 1.165) is 16.7 Å². The first-order valence-corrected chi connectivity index (χ1v) is 5.06. The number of nitrogens with zero attached hydrogens (tertiary/aromatic N) is 1. The van der Waals surface area contributed by atoms with E-state index in [2.05, 4.69) is 4.99 Å². The van der Waals surface area contributed by atoms with Crippen LogP contribution in [-0.4, -0.2) is 6.08 Å². The van der Waals surface area contributed by atoms with E-state index >= 15 is 0 Å². The molecule has 0 amide bonds. The van der Waals surface area contributed by atoms with Gasteiger partial charge >= 0.3 is 0 Å². The van der Waals surface area contributed by atoms with Crippen LogP contribution >= 0.6 is 0 Å². The molecule has 0 aliphatic heterocycles. The van der Waals surface area contributed by atoms with Crippen molar-refractivity contribution in [1.82, 2.24) is 0 Å². The van der Waals surface area contributed by atoms with Gasteiger partial charge in [-0.2, -0.15) is 4.99 Å². The topological polar surface area (TPSA) is 29.4 Å². The molecule has 0 N–H and O–H groups in total. The monoisotopic (exact) mass is 209 g/mol. The van der Waals surface area contributed by atoms with E-state index in [1.165, 1.54) is 0 Å². The minimum Gasteiger partial charge on any atom is -0.211 e. The number of aliphatic imine (C=N–C) groups is 1. The molecule has 16 heavy (non-hydrogen) atoms. The van der Waals surface area contributed by atoms with Gasteiger partial charge in [-0.25, -0.2) is 4.79 Å². The van der Waals surface area contributed by atoms with E-state index in [0.29, 0.717) is 5.69 Å². The molecule has 0 saturated carbocycles. The van der Waals surface area contributed by atoms with E-state index in [9.17, 15) is 4.79 Å². The van der Waals surface area contributed by atoms with Crippen molar-refractivity contribution in [1.29, 1.82) is 0 Å². The van der Waals surface area contributed by atoms with Gasteiger partial charge in [-0.3, -0.25) is 0 Å². The van der Waals surface area contributed by atoms with Crippen molar-refractivity contribution >= 4 is 11.8 Å². The Morgan fingerprint density at radius 3 is 2.44 bits per heavy atom. The molecule has 0 unspecified atom stereocenters. The number of hydrogen-bond acceptors (Lipinski definition) is 2. The molecular weight excluding hydrogens is 198 g/mol. The van der Waals surface area contributed by atoms with Crippen LogP contribution in [0.3, 0.4) is 0 Å². The SMILES string of the molecule is Cc1cccc(-c2ccccc2)c1N=C=O. The van der Waals surface area contributed by atoms with Gasteiger partial charge in [0.25, 0.3) is 0 Å². The van der Waals surface area contributed by atoms with E-state index < -0.39 is 0 Å². The molecular formula is C14H11NO. The molecule has 2 rings (SSSR count). The van der Waals surface area contributed by atoms with Crippen LogP contribution in [0.25, 0.3) is 11.1 Å². The van der Waals surface area contributed by atoms with Gasteiger partial charge in [0.2, 0.25) is 6.08 Å². The van der Waals surface area contributed by atoms with Crippen molar-refractivity contribution in [3.8, 4) is 11.1 Å². The number of benzene rings is 2. The molecule has 0 atom stereocenters. The smallest absolute Gasteiger partial charge is 0.211 e. The molecule has 0 fully saturated rings. The van der Waals surface area contributed by atoms with Crippen molar-refractivity contribution in [3.05, 3.63) is 54.1 Å². The Hall–Kier alpha value is -2.18. The van der Waals surface area contributed by atoms with Gasteiger partial charge in [-0.05, 0) is 18.1 Å². The number of isocyanates is 1. The number of carbonyl (C=O) groups excluding carboxylic acids is 1. The first-order valence-electron chi connectivity index (χ1n) is 5.06. The summed E-state index contributed by atoms with van der Waals surface area (Å²) >= 11 is 0. The molecule has 78 valence electrons. The molecule has 0 spiro atoms. The third-order valence-corrected chi connectivity index (χ3v) is 2.48. The van der Waals surface area contributed by atoms with Gasteiger partial charge in [0.1, 0.15) is 0 Å². The number of rotatable bonds is 2. The van der Waals surface area contributed by atoms with E-state index in [4.69, 9.17) is 0 Å². The Kier molecular flexibility index (Phi) is 2.95. The zero-order chi connectivity index (χ0) is 11.4. The highest BCUT2D eigenvalue weighted by molar-refractivity contribution is 5.79. The van der Waals surface area contributed by atoms with Gasteiger partial charge in [0.05, 0.1) is 5.69 Å². The van der Waals surface area contributed by atoms with Crippen LogP contribution < -0.4 is 0 Å². The maximum Gasteiger partial charge on any atom is 0.240 e. The molecule has 2 nitrogen and oxygen atoms in total. The zero-order valence-electron chi connectivity index (χ0n) is 8.97. The molecule has 0 saturated heterocycles. The van der Waals surface area contributed by atoms with E-state index in [1.807, 2.05) is 55.5 Å². The van der Waals surface area contributed by atoms with E-state index in [-0.39, 0.29) is 0 Å². The maximum absolute atomic E-state index is 10.4. The first-order chi connectivity index (χ1) is 7.83. The molecule has 2 aromatic carbocycles. The lowest BCUT2D eigenvalue weighted by Gasteiger charge is -2.06. The van der Waals surface area contributed by atoms with Crippen LogP contribution in [0.1, 0.15) is 5.56 Å². The summed E-state index contributed by atoms with van der Waals surface area (Å²) in [5, 5.41) is 0. The summed E-state index contributed by atoms with van der Waals surface area (Å²) in [5.41, 5.74) is 3.69. The third-order valence-electron chi connectivity index (χ3n) is 2.48. The molecule has 2 aromatic rings. The third kappa shape index (κ3) is 1.92. The number of hydrogen-bond donors (Lipinski definition) is 0. The Labute approximate surface area is 94.3 Å². The van der Waals surface area contributed by atoms with Gasteiger partial charge in [-0.1, -0.05) is 48.5 Å². The predicted octanol–water partition coefficient (Wildman–Crippen LogP) is 3.63. The highest BCUT2D eigenvalue weighted by Crippen LogP contribution is 2.32. The Balaban J connectivity index is 2.65. The summed E-state index contributed by atoms with van der Waals surface area (Å²) in [7, 11) is 0. The minimum absolute atomic E-state index is 0.698. The molecule has 0 aromatic heterocycles. The second-order valence-electron chi connectivity index (χ2n) is 3.54. The molecule has 0 bridgehead atoms. The summed E-state index contributed by atoms with van der Waals surface area (Å²) in [6.07, 6.45) is 1.61. The summed E-state index contributed by atoms with van der Waals surface area (Å²) in [5.74, 6) is 0. The highest BCUT2D eigenvalue weighted by Gasteiger charge is 2.05. The van der Waals surface area contributed by atoms with Crippen LogP contribution in [0.4, 0.5) is 5.69 Å². The summed E-state index contributed by atoms with van der Waals surface area (Å²) in [6.45, 7) is 1.93. The molecule has 0 radical (unpaired) electrons. The average Bonchev–Trinajstić information content (AvgIpc) is 2.33. The minimum atomic E-state index is 0.698. The molecule has 2 heteroatoms. The lowest BCUT2D eigenvalue weighted by Crippen LogP contribution is -1.81. The van der Waals surface area contributed by atoms with Gasteiger partial charge < -0.3 is 0 Å². The number of para-hydroxylation sites is 1. The quantitative estimate of drug-likeness (QED) is 0.548. The Bertz CT molecular complexity index is 540. The first kappa shape index (κ1) is 10.3. The fourth-order valence-electron chi connectivity index (χ4n) is 1.70. The highest BCUT2D eigenvalue weighted by atomic mass is 16.1. The van der Waals surface area contributed by atoms with Crippen molar-refractivity contribution < 1.29 is 4.79 Å². The van der Waals surface area contributed by atoms with E-state index in [1.54, 1.807) is 6.08 Å².